The predicted octanol–water partition coefficient (Wildman–Crippen LogP) is -0.0537. The van der Waals surface area contributed by atoms with Gasteiger partial charge >= 0.3 is 11.9 Å². The first-order valence-electron chi connectivity index (χ1n) is 3.12. The Labute approximate surface area is 70.0 Å². The number of H-pyrrole nitrogens is 1. The number of halogens is 2. The average molecular weight is 190 g/mol. The van der Waals surface area contributed by atoms with Crippen molar-refractivity contribution in [3.05, 3.63) is 28.2 Å². The zero-order valence-corrected chi connectivity index (χ0v) is 6.12. The molecule has 70 valence electrons. The SMILES string of the molecule is O=C(O)C(F)(F)c1ccc(=O)[nH]n1. The van der Waals surface area contributed by atoms with Gasteiger partial charge in [-0.15, -0.1) is 0 Å². The summed E-state index contributed by atoms with van der Waals surface area (Å²) in [5, 5.41) is 12.7. The van der Waals surface area contributed by atoms with Gasteiger partial charge in [0.2, 0.25) is 0 Å². The Morgan fingerprint density at radius 3 is 2.54 bits per heavy atom. The molecule has 1 aromatic heterocycles. The fourth-order valence-electron chi connectivity index (χ4n) is 0.629. The first kappa shape index (κ1) is 9.30. The van der Waals surface area contributed by atoms with Crippen molar-refractivity contribution in [1.82, 2.24) is 10.2 Å². The molecular formula is C6H4F2N2O3. The highest BCUT2D eigenvalue weighted by Gasteiger charge is 2.42. The summed E-state index contributed by atoms with van der Waals surface area (Å²) in [7, 11) is 0. The van der Waals surface area contributed by atoms with Gasteiger partial charge in [-0.2, -0.15) is 13.9 Å². The molecular weight excluding hydrogens is 186 g/mol. The van der Waals surface area contributed by atoms with Crippen LogP contribution in [0.3, 0.4) is 0 Å². The Morgan fingerprint density at radius 1 is 1.54 bits per heavy atom. The topological polar surface area (TPSA) is 83.0 Å². The molecule has 0 atom stereocenters. The van der Waals surface area contributed by atoms with Crippen LogP contribution in [0.5, 0.6) is 0 Å². The Balaban J connectivity index is 3.15. The molecule has 0 aliphatic heterocycles. The molecule has 0 spiro atoms. The third-order valence-electron chi connectivity index (χ3n) is 1.27. The number of nitrogens with one attached hydrogen (secondary N) is 1. The summed E-state index contributed by atoms with van der Waals surface area (Å²) >= 11 is 0. The lowest BCUT2D eigenvalue weighted by Gasteiger charge is -2.08. The number of aromatic nitrogens is 2. The number of hydrogen-bond acceptors (Lipinski definition) is 3. The molecule has 1 heterocycles. The molecule has 7 heteroatoms. The van der Waals surface area contributed by atoms with Crippen molar-refractivity contribution in [2.75, 3.05) is 0 Å². The highest BCUT2D eigenvalue weighted by molar-refractivity contribution is 5.76. The summed E-state index contributed by atoms with van der Waals surface area (Å²) in [6.07, 6.45) is 0. The number of nitrogens with zero attached hydrogens (tertiary/aromatic N) is 1. The van der Waals surface area contributed by atoms with Gasteiger partial charge in [-0.05, 0) is 6.07 Å². The fourth-order valence-corrected chi connectivity index (χ4v) is 0.629. The van der Waals surface area contributed by atoms with Crippen molar-refractivity contribution in [1.29, 1.82) is 0 Å². The summed E-state index contributed by atoms with van der Waals surface area (Å²) in [6, 6.07) is 1.44. The van der Waals surface area contributed by atoms with Gasteiger partial charge in [0.1, 0.15) is 5.69 Å². The normalized spacial score (nSPS) is 11.2. The summed E-state index contributed by atoms with van der Waals surface area (Å²) < 4.78 is 25.3. The molecule has 13 heavy (non-hydrogen) atoms. The van der Waals surface area contributed by atoms with Gasteiger partial charge in [0.25, 0.3) is 5.56 Å². The van der Waals surface area contributed by atoms with Crippen molar-refractivity contribution < 1.29 is 18.7 Å². The van der Waals surface area contributed by atoms with E-state index in [1.807, 2.05) is 0 Å². The zero-order valence-electron chi connectivity index (χ0n) is 6.12. The number of aromatic amines is 1. The van der Waals surface area contributed by atoms with Crippen LogP contribution < -0.4 is 5.56 Å². The Kier molecular flexibility index (Phi) is 2.09. The molecule has 0 aromatic carbocycles. The van der Waals surface area contributed by atoms with Crippen LogP contribution >= 0.6 is 0 Å². The van der Waals surface area contributed by atoms with Gasteiger partial charge in [0.15, 0.2) is 0 Å². The van der Waals surface area contributed by atoms with E-state index in [0.717, 1.165) is 6.07 Å². The van der Waals surface area contributed by atoms with Gasteiger partial charge < -0.3 is 5.11 Å². The molecule has 0 saturated carbocycles. The number of rotatable bonds is 2. The second-order valence-electron chi connectivity index (χ2n) is 2.19. The van der Waals surface area contributed by atoms with Crippen molar-refractivity contribution in [3.8, 4) is 0 Å². The summed E-state index contributed by atoms with van der Waals surface area (Å²) in [5.41, 5.74) is -1.68. The summed E-state index contributed by atoms with van der Waals surface area (Å²) in [5.74, 6) is -6.39. The highest BCUT2D eigenvalue weighted by Crippen LogP contribution is 2.24. The van der Waals surface area contributed by atoms with Crippen LogP contribution in [0.25, 0.3) is 0 Å². The van der Waals surface area contributed by atoms with Crippen LogP contribution in [0.15, 0.2) is 16.9 Å². The Bertz CT molecular complexity index is 367. The van der Waals surface area contributed by atoms with Crippen molar-refractivity contribution in [2.24, 2.45) is 0 Å². The number of hydrogen-bond donors (Lipinski definition) is 2. The van der Waals surface area contributed by atoms with E-state index in [1.54, 1.807) is 5.10 Å². The maximum atomic E-state index is 12.6. The number of alkyl halides is 2. The fraction of sp³-hybridized carbons (Fsp3) is 0.167. The van der Waals surface area contributed by atoms with Crippen LogP contribution in [0.1, 0.15) is 5.69 Å². The molecule has 1 aromatic rings. The van der Waals surface area contributed by atoms with Crippen LogP contribution in [0.4, 0.5) is 8.78 Å². The molecule has 1 rings (SSSR count). The average Bonchev–Trinajstić information content (AvgIpc) is 2.04. The minimum atomic E-state index is -4.08. The molecule has 0 fully saturated rings. The van der Waals surface area contributed by atoms with Crippen LogP contribution in [-0.4, -0.2) is 21.3 Å². The van der Waals surface area contributed by atoms with E-state index in [2.05, 4.69) is 5.10 Å². The third-order valence-corrected chi connectivity index (χ3v) is 1.27. The number of aliphatic carboxylic acids is 1. The molecule has 0 aliphatic rings. The zero-order chi connectivity index (χ0) is 10.1. The van der Waals surface area contributed by atoms with E-state index < -0.39 is 23.1 Å². The Morgan fingerprint density at radius 2 is 2.15 bits per heavy atom. The second kappa shape index (κ2) is 2.92. The predicted molar refractivity (Wildman–Crippen MR) is 36.4 cm³/mol. The largest absolute Gasteiger partial charge is 0.476 e. The molecule has 0 radical (unpaired) electrons. The van der Waals surface area contributed by atoms with Gasteiger partial charge in [-0.3, -0.25) is 4.79 Å². The van der Waals surface area contributed by atoms with E-state index >= 15 is 0 Å². The van der Waals surface area contributed by atoms with E-state index in [9.17, 15) is 18.4 Å². The minimum absolute atomic E-state index is 0.660. The smallest absolute Gasteiger partial charge is 0.385 e. The van der Waals surface area contributed by atoms with Crippen LogP contribution in [0, 0.1) is 0 Å². The molecule has 2 N–H and O–H groups in total. The third kappa shape index (κ3) is 1.68. The molecule has 0 unspecified atom stereocenters. The maximum absolute atomic E-state index is 12.6. The highest BCUT2D eigenvalue weighted by atomic mass is 19.3. The Hall–Kier alpha value is -1.79. The molecule has 0 saturated heterocycles. The number of carbonyl (C=O) groups is 1. The van der Waals surface area contributed by atoms with Gasteiger partial charge in [0, 0.05) is 6.07 Å². The molecule has 0 aliphatic carbocycles. The lowest BCUT2D eigenvalue weighted by Crippen LogP contribution is -2.28. The monoisotopic (exact) mass is 190 g/mol. The first-order valence-corrected chi connectivity index (χ1v) is 3.12. The summed E-state index contributed by atoms with van der Waals surface area (Å²) in [6.45, 7) is 0. The van der Waals surface area contributed by atoms with Gasteiger partial charge in [-0.25, -0.2) is 9.89 Å². The maximum Gasteiger partial charge on any atom is 0.385 e. The quantitative estimate of drug-likeness (QED) is 0.684. The molecule has 0 amide bonds. The standard InChI is InChI=1S/C6H4F2N2O3/c7-6(8,5(12)13)3-1-2-4(11)10-9-3/h1-2H,(H,10,11)(H,12,13). The lowest BCUT2D eigenvalue weighted by atomic mass is 10.2. The number of carboxylic acid groups (broad SMARTS) is 1. The van der Waals surface area contributed by atoms with Gasteiger partial charge in [0.05, 0.1) is 0 Å². The lowest BCUT2D eigenvalue weighted by molar-refractivity contribution is -0.167. The summed E-state index contributed by atoms with van der Waals surface area (Å²) in [4.78, 5) is 20.4. The first-order chi connectivity index (χ1) is 5.94. The van der Waals surface area contributed by atoms with Crippen LogP contribution in [-0.2, 0) is 10.7 Å². The van der Waals surface area contributed by atoms with E-state index in [1.165, 1.54) is 0 Å². The van der Waals surface area contributed by atoms with E-state index in [4.69, 9.17) is 5.11 Å². The van der Waals surface area contributed by atoms with Gasteiger partial charge in [-0.1, -0.05) is 0 Å². The van der Waals surface area contributed by atoms with E-state index in [0.29, 0.717) is 6.07 Å². The van der Waals surface area contributed by atoms with Crippen molar-refractivity contribution in [2.45, 2.75) is 5.92 Å². The van der Waals surface area contributed by atoms with Crippen molar-refractivity contribution >= 4 is 5.97 Å². The minimum Gasteiger partial charge on any atom is -0.476 e. The van der Waals surface area contributed by atoms with Crippen molar-refractivity contribution in [3.63, 3.8) is 0 Å². The molecule has 5 nitrogen and oxygen atoms in total. The second-order valence-corrected chi connectivity index (χ2v) is 2.19. The molecule has 0 bridgehead atoms. The van der Waals surface area contributed by atoms with Crippen LogP contribution in [0.2, 0.25) is 0 Å². The number of carboxylic acids is 1. The van der Waals surface area contributed by atoms with E-state index in [-0.39, 0.29) is 0 Å².